The highest BCUT2D eigenvalue weighted by molar-refractivity contribution is 5.48. The van der Waals surface area contributed by atoms with Gasteiger partial charge < -0.3 is 4.79 Å². The highest BCUT2D eigenvalue weighted by Crippen LogP contribution is 2.09. The van der Waals surface area contributed by atoms with Crippen molar-refractivity contribution in [1.82, 2.24) is 0 Å². The summed E-state index contributed by atoms with van der Waals surface area (Å²) < 4.78 is 0. The fourth-order valence-corrected chi connectivity index (χ4v) is 1.89. The van der Waals surface area contributed by atoms with Gasteiger partial charge in [-0.25, -0.2) is 0 Å². The quantitative estimate of drug-likeness (QED) is 0.256. The van der Waals surface area contributed by atoms with Gasteiger partial charge in [0.15, 0.2) is 0 Å². The van der Waals surface area contributed by atoms with Crippen LogP contribution in [0.2, 0.25) is 0 Å². The van der Waals surface area contributed by atoms with Crippen molar-refractivity contribution >= 4 is 6.29 Å². The van der Waals surface area contributed by atoms with Crippen LogP contribution in [0.25, 0.3) is 0 Å². The molecule has 0 aromatic rings. The second-order valence-corrected chi connectivity index (χ2v) is 5.31. The molecular weight excluding hydrogens is 208 g/mol. The first-order chi connectivity index (χ1) is 8.27. The lowest BCUT2D eigenvalue weighted by Gasteiger charge is -2.01. The van der Waals surface area contributed by atoms with Crippen LogP contribution in [0, 0.1) is 5.92 Å². The first-order valence-corrected chi connectivity index (χ1v) is 7.36. The average molecular weight is 238 g/mol. The largest absolute Gasteiger partial charge is 0.303 e. The summed E-state index contributed by atoms with van der Waals surface area (Å²) in [4.78, 5) is 10.1. The third kappa shape index (κ3) is 15.4. The normalized spacial score (nSPS) is 11.5. The Bertz CT molecular complexity index is 182. The van der Waals surface area contributed by atoms with Crippen molar-refractivity contribution in [2.24, 2.45) is 5.92 Å². The van der Waals surface area contributed by atoms with Gasteiger partial charge in [-0.15, -0.1) is 0 Å². The molecule has 0 saturated carbocycles. The van der Waals surface area contributed by atoms with Crippen molar-refractivity contribution in [2.45, 2.75) is 78.1 Å². The number of hydrogen-bond donors (Lipinski definition) is 0. The van der Waals surface area contributed by atoms with Crippen molar-refractivity contribution in [1.29, 1.82) is 0 Å². The molecule has 1 nitrogen and oxygen atoms in total. The van der Waals surface area contributed by atoms with Gasteiger partial charge in [-0.2, -0.15) is 0 Å². The number of rotatable bonds is 12. The first-order valence-electron chi connectivity index (χ1n) is 7.36. The zero-order valence-electron chi connectivity index (χ0n) is 11.8. The van der Waals surface area contributed by atoms with Gasteiger partial charge in [-0.1, -0.05) is 51.7 Å². The van der Waals surface area contributed by atoms with E-state index in [1.807, 2.05) is 0 Å². The minimum absolute atomic E-state index is 0.742. The third-order valence-corrected chi connectivity index (χ3v) is 3.01. The molecule has 0 aromatic heterocycles. The molecule has 0 bridgehead atoms. The second kappa shape index (κ2) is 13.5. The Morgan fingerprint density at radius 2 is 1.29 bits per heavy atom. The van der Waals surface area contributed by atoms with E-state index in [1.54, 1.807) is 0 Å². The number of hydrogen-bond acceptors (Lipinski definition) is 1. The van der Waals surface area contributed by atoms with E-state index < -0.39 is 0 Å². The fraction of sp³-hybridized carbons (Fsp3) is 0.812. The van der Waals surface area contributed by atoms with Crippen LogP contribution < -0.4 is 0 Å². The Morgan fingerprint density at radius 1 is 0.765 bits per heavy atom. The molecule has 17 heavy (non-hydrogen) atoms. The summed E-state index contributed by atoms with van der Waals surface area (Å²) in [5.41, 5.74) is 0. The van der Waals surface area contributed by atoms with E-state index >= 15 is 0 Å². The molecule has 0 N–H and O–H groups in total. The predicted molar refractivity (Wildman–Crippen MR) is 76.2 cm³/mol. The molecule has 0 aliphatic heterocycles. The molecule has 0 atom stereocenters. The maximum absolute atomic E-state index is 10.1. The Labute approximate surface area is 108 Å². The molecule has 0 amide bonds. The summed E-state index contributed by atoms with van der Waals surface area (Å²) in [6, 6.07) is 0. The van der Waals surface area contributed by atoms with Gasteiger partial charge in [-0.05, 0) is 38.0 Å². The Morgan fingerprint density at radius 3 is 1.82 bits per heavy atom. The van der Waals surface area contributed by atoms with Crippen LogP contribution in [-0.4, -0.2) is 6.29 Å². The van der Waals surface area contributed by atoms with Gasteiger partial charge in [0, 0.05) is 6.42 Å². The lowest BCUT2D eigenvalue weighted by molar-refractivity contribution is -0.107. The van der Waals surface area contributed by atoms with Gasteiger partial charge in [-0.3, -0.25) is 0 Å². The van der Waals surface area contributed by atoms with E-state index in [1.165, 1.54) is 51.4 Å². The van der Waals surface area contributed by atoms with Crippen LogP contribution in [0.3, 0.4) is 0 Å². The molecule has 1 heteroatoms. The number of carbonyl (C=O) groups is 1. The van der Waals surface area contributed by atoms with Gasteiger partial charge in [0.1, 0.15) is 6.29 Å². The lowest BCUT2D eigenvalue weighted by Crippen LogP contribution is -1.85. The molecule has 0 radical (unpaired) electrons. The topological polar surface area (TPSA) is 17.1 Å². The van der Waals surface area contributed by atoms with E-state index in [0.717, 1.165) is 25.0 Å². The monoisotopic (exact) mass is 238 g/mol. The summed E-state index contributed by atoms with van der Waals surface area (Å²) in [7, 11) is 0. The van der Waals surface area contributed by atoms with E-state index in [0.29, 0.717) is 0 Å². The predicted octanol–water partition coefficient (Wildman–Crippen LogP) is 5.30. The van der Waals surface area contributed by atoms with Gasteiger partial charge in [0.05, 0.1) is 0 Å². The van der Waals surface area contributed by atoms with Gasteiger partial charge >= 0.3 is 0 Å². The van der Waals surface area contributed by atoms with Crippen molar-refractivity contribution in [3.05, 3.63) is 12.2 Å². The van der Waals surface area contributed by atoms with E-state index in [4.69, 9.17) is 0 Å². The minimum Gasteiger partial charge on any atom is -0.303 e. The standard InChI is InChI=1S/C16H30O/c1-16(2)14-12-10-8-6-4-3-5-7-9-11-13-15-17/h4,6,15-16H,3,5,7-14H2,1-2H3. The molecule has 0 unspecified atom stereocenters. The van der Waals surface area contributed by atoms with Crippen LogP contribution in [0.4, 0.5) is 0 Å². The molecule has 0 rings (SSSR count). The van der Waals surface area contributed by atoms with Crippen molar-refractivity contribution in [2.75, 3.05) is 0 Å². The van der Waals surface area contributed by atoms with Crippen LogP contribution >= 0.6 is 0 Å². The molecule has 100 valence electrons. The Balaban J connectivity index is 3.07. The number of aldehydes is 1. The molecule has 0 aromatic carbocycles. The summed E-state index contributed by atoms with van der Waals surface area (Å²) in [6.07, 6.45) is 17.8. The average Bonchev–Trinajstić information content (AvgIpc) is 2.30. The van der Waals surface area contributed by atoms with Crippen molar-refractivity contribution < 1.29 is 4.79 Å². The molecule has 0 spiro atoms. The number of unbranched alkanes of at least 4 members (excludes halogenated alkanes) is 7. The molecule has 0 saturated heterocycles. The summed E-state index contributed by atoms with van der Waals surface area (Å²) >= 11 is 0. The third-order valence-electron chi connectivity index (χ3n) is 3.01. The SMILES string of the molecule is CC(C)CCCCC=CCCCCCCC=O. The zero-order valence-corrected chi connectivity index (χ0v) is 11.8. The van der Waals surface area contributed by atoms with E-state index in [2.05, 4.69) is 26.0 Å². The Kier molecular flexibility index (Phi) is 13.0. The van der Waals surface area contributed by atoms with Gasteiger partial charge in [0.25, 0.3) is 0 Å². The summed E-state index contributed by atoms with van der Waals surface area (Å²) in [5, 5.41) is 0. The minimum atomic E-state index is 0.742. The van der Waals surface area contributed by atoms with Crippen LogP contribution in [0.15, 0.2) is 12.2 Å². The van der Waals surface area contributed by atoms with Crippen LogP contribution in [0.5, 0.6) is 0 Å². The van der Waals surface area contributed by atoms with Crippen LogP contribution in [0.1, 0.15) is 78.1 Å². The van der Waals surface area contributed by atoms with Gasteiger partial charge in [0.2, 0.25) is 0 Å². The number of carbonyl (C=O) groups excluding carboxylic acids is 1. The lowest BCUT2D eigenvalue weighted by atomic mass is 10.1. The summed E-state index contributed by atoms with van der Waals surface area (Å²) in [5.74, 6) is 0.852. The molecule has 0 aliphatic rings. The second-order valence-electron chi connectivity index (χ2n) is 5.31. The fourth-order valence-electron chi connectivity index (χ4n) is 1.89. The summed E-state index contributed by atoms with van der Waals surface area (Å²) in [6.45, 7) is 4.58. The molecular formula is C16H30O. The highest BCUT2D eigenvalue weighted by Gasteiger charge is 1.92. The maximum atomic E-state index is 10.1. The molecule has 0 fully saturated rings. The molecule has 0 aliphatic carbocycles. The molecule has 0 heterocycles. The zero-order chi connectivity index (χ0) is 12.8. The number of allylic oxidation sites excluding steroid dienone is 2. The highest BCUT2D eigenvalue weighted by atomic mass is 16.1. The van der Waals surface area contributed by atoms with Crippen molar-refractivity contribution in [3.8, 4) is 0 Å². The first kappa shape index (κ1) is 16.4. The smallest absolute Gasteiger partial charge is 0.119 e. The van der Waals surface area contributed by atoms with Crippen molar-refractivity contribution in [3.63, 3.8) is 0 Å². The maximum Gasteiger partial charge on any atom is 0.119 e. The van der Waals surface area contributed by atoms with Crippen LogP contribution in [-0.2, 0) is 4.79 Å². The van der Waals surface area contributed by atoms with E-state index in [9.17, 15) is 4.79 Å². The Hall–Kier alpha value is -0.590. The van der Waals surface area contributed by atoms with E-state index in [-0.39, 0.29) is 0 Å².